The van der Waals surface area contributed by atoms with Crippen LogP contribution in [0.2, 0.25) is 0 Å². The number of halogens is 4. The van der Waals surface area contributed by atoms with Gasteiger partial charge in [0.2, 0.25) is 0 Å². The summed E-state index contributed by atoms with van der Waals surface area (Å²) in [6, 6.07) is 11.2. The van der Waals surface area contributed by atoms with Crippen molar-refractivity contribution in [3.8, 4) is 5.75 Å². The first-order valence-corrected chi connectivity index (χ1v) is 9.56. The number of nitrogens with zero attached hydrogens (tertiary/aromatic N) is 3. The smallest absolute Gasteiger partial charge is 0.416 e. The van der Waals surface area contributed by atoms with Gasteiger partial charge in [-0.2, -0.15) is 13.2 Å². The molecule has 0 bridgehead atoms. The third-order valence-electron chi connectivity index (χ3n) is 3.92. The molecule has 0 N–H and O–H groups in total. The lowest BCUT2D eigenvalue weighted by Gasteiger charge is -2.10. The van der Waals surface area contributed by atoms with E-state index in [1.54, 1.807) is 28.8 Å². The molecule has 0 fully saturated rings. The van der Waals surface area contributed by atoms with Gasteiger partial charge in [-0.1, -0.05) is 48.2 Å². The van der Waals surface area contributed by atoms with Gasteiger partial charge in [-0.25, -0.2) is 4.39 Å². The molecule has 152 valence electrons. The summed E-state index contributed by atoms with van der Waals surface area (Å²) in [5.74, 6) is 0.354. The van der Waals surface area contributed by atoms with Gasteiger partial charge in [0.05, 0.1) is 5.56 Å². The van der Waals surface area contributed by atoms with Crippen molar-refractivity contribution in [1.82, 2.24) is 14.8 Å². The van der Waals surface area contributed by atoms with Crippen molar-refractivity contribution in [2.45, 2.75) is 30.2 Å². The number of hydrogen-bond acceptors (Lipinski definition) is 4. The Balaban J connectivity index is 1.72. The molecule has 0 saturated carbocycles. The zero-order valence-electron chi connectivity index (χ0n) is 15.2. The van der Waals surface area contributed by atoms with Gasteiger partial charge in [0.25, 0.3) is 0 Å². The van der Waals surface area contributed by atoms with E-state index in [9.17, 15) is 17.6 Å². The van der Waals surface area contributed by atoms with Crippen LogP contribution in [0.5, 0.6) is 5.75 Å². The Labute approximate surface area is 169 Å². The third-order valence-corrected chi connectivity index (χ3v) is 4.96. The molecule has 0 aliphatic heterocycles. The Kier molecular flexibility index (Phi) is 6.58. The summed E-state index contributed by atoms with van der Waals surface area (Å²) in [5, 5.41) is 8.66. The molecule has 0 unspecified atom stereocenters. The number of hydrogen-bond donors (Lipinski definition) is 0. The standard InChI is InChI=1S/C20H17F4N3OS/c1-2-10-27-18(12-28-17-9-4-3-8-16(17)21)25-26-19(27)29-13-14-6-5-7-15(11-14)20(22,23)24/h2-9,11H,1,10,12-13H2. The Bertz CT molecular complexity index is 988. The minimum absolute atomic E-state index is 0.00804. The maximum absolute atomic E-state index is 13.7. The van der Waals surface area contributed by atoms with Gasteiger partial charge in [0, 0.05) is 12.3 Å². The summed E-state index contributed by atoms with van der Waals surface area (Å²) in [7, 11) is 0. The summed E-state index contributed by atoms with van der Waals surface area (Å²) in [4.78, 5) is 0. The van der Waals surface area contributed by atoms with E-state index in [0.29, 0.717) is 23.1 Å². The highest BCUT2D eigenvalue weighted by atomic mass is 32.2. The Morgan fingerprint density at radius 1 is 1.10 bits per heavy atom. The van der Waals surface area contributed by atoms with Gasteiger partial charge in [-0.3, -0.25) is 4.57 Å². The van der Waals surface area contributed by atoms with Crippen LogP contribution in [0.15, 0.2) is 66.3 Å². The molecule has 0 amide bonds. The van der Waals surface area contributed by atoms with Crippen molar-refractivity contribution in [3.05, 3.63) is 84.0 Å². The molecule has 1 heterocycles. The van der Waals surface area contributed by atoms with Crippen molar-refractivity contribution in [2.75, 3.05) is 0 Å². The van der Waals surface area contributed by atoms with Crippen molar-refractivity contribution in [2.24, 2.45) is 0 Å². The monoisotopic (exact) mass is 423 g/mol. The van der Waals surface area contributed by atoms with E-state index in [-0.39, 0.29) is 18.1 Å². The van der Waals surface area contributed by atoms with E-state index in [1.807, 2.05) is 0 Å². The molecule has 1 aromatic heterocycles. The van der Waals surface area contributed by atoms with E-state index >= 15 is 0 Å². The largest absolute Gasteiger partial charge is 0.483 e. The molecule has 3 aromatic rings. The summed E-state index contributed by atoms with van der Waals surface area (Å²) < 4.78 is 59.5. The quantitative estimate of drug-likeness (QED) is 0.273. The van der Waals surface area contributed by atoms with Gasteiger partial charge in [0.15, 0.2) is 22.5 Å². The molecule has 0 saturated heterocycles. The fourth-order valence-corrected chi connectivity index (χ4v) is 3.44. The average Bonchev–Trinajstić information content (AvgIpc) is 3.07. The second-order valence-electron chi connectivity index (χ2n) is 6.00. The molecule has 3 rings (SSSR count). The maximum atomic E-state index is 13.7. The van der Waals surface area contributed by atoms with Crippen LogP contribution in [-0.2, 0) is 25.1 Å². The topological polar surface area (TPSA) is 39.9 Å². The molecule has 0 aliphatic carbocycles. The lowest BCUT2D eigenvalue weighted by atomic mass is 10.1. The first-order chi connectivity index (χ1) is 13.9. The number of rotatable bonds is 8. The fraction of sp³-hybridized carbons (Fsp3) is 0.200. The van der Waals surface area contributed by atoms with Gasteiger partial charge in [0.1, 0.15) is 6.61 Å². The predicted octanol–water partition coefficient (Wildman–Crippen LogP) is 5.49. The van der Waals surface area contributed by atoms with Crippen LogP contribution in [0.4, 0.5) is 17.6 Å². The van der Waals surface area contributed by atoms with Crippen LogP contribution in [0.25, 0.3) is 0 Å². The van der Waals surface area contributed by atoms with Crippen LogP contribution in [0.1, 0.15) is 17.0 Å². The van der Waals surface area contributed by atoms with Gasteiger partial charge >= 0.3 is 6.18 Å². The van der Waals surface area contributed by atoms with Crippen molar-refractivity contribution in [1.29, 1.82) is 0 Å². The minimum Gasteiger partial charge on any atom is -0.483 e. The van der Waals surface area contributed by atoms with Gasteiger partial charge in [-0.05, 0) is 23.8 Å². The molecule has 4 nitrogen and oxygen atoms in total. The highest BCUT2D eigenvalue weighted by Gasteiger charge is 2.30. The molecular formula is C20H17F4N3OS. The summed E-state index contributed by atoms with van der Waals surface area (Å²) >= 11 is 1.25. The highest BCUT2D eigenvalue weighted by Crippen LogP contribution is 2.31. The first kappa shape index (κ1) is 20.9. The number of para-hydroxylation sites is 1. The molecule has 0 aliphatic rings. The summed E-state index contributed by atoms with van der Waals surface area (Å²) in [6.07, 6.45) is -2.74. The molecule has 2 aromatic carbocycles. The lowest BCUT2D eigenvalue weighted by molar-refractivity contribution is -0.137. The van der Waals surface area contributed by atoms with Crippen LogP contribution in [0, 0.1) is 5.82 Å². The Morgan fingerprint density at radius 3 is 2.62 bits per heavy atom. The predicted molar refractivity (Wildman–Crippen MR) is 102 cm³/mol. The summed E-state index contributed by atoms with van der Waals surface area (Å²) in [6.45, 7) is 4.07. The molecule has 9 heteroatoms. The molecule has 29 heavy (non-hydrogen) atoms. The average molecular weight is 423 g/mol. The lowest BCUT2D eigenvalue weighted by Crippen LogP contribution is -2.08. The first-order valence-electron chi connectivity index (χ1n) is 8.57. The second kappa shape index (κ2) is 9.13. The van der Waals surface area contributed by atoms with Crippen LogP contribution < -0.4 is 4.74 Å². The van der Waals surface area contributed by atoms with Crippen molar-refractivity contribution in [3.63, 3.8) is 0 Å². The fourth-order valence-electron chi connectivity index (χ4n) is 2.53. The maximum Gasteiger partial charge on any atom is 0.416 e. The number of alkyl halides is 3. The van der Waals surface area contributed by atoms with Crippen molar-refractivity contribution < 1.29 is 22.3 Å². The third kappa shape index (κ3) is 5.38. The Hall–Kier alpha value is -2.81. The van der Waals surface area contributed by atoms with Crippen LogP contribution >= 0.6 is 11.8 Å². The van der Waals surface area contributed by atoms with E-state index in [1.165, 1.54) is 30.0 Å². The Morgan fingerprint density at radius 2 is 1.90 bits per heavy atom. The van der Waals surface area contributed by atoms with E-state index < -0.39 is 17.6 Å². The van der Waals surface area contributed by atoms with Gasteiger partial charge < -0.3 is 4.74 Å². The van der Waals surface area contributed by atoms with Crippen LogP contribution in [-0.4, -0.2) is 14.8 Å². The van der Waals surface area contributed by atoms with Gasteiger partial charge in [-0.15, -0.1) is 16.8 Å². The number of allylic oxidation sites excluding steroid dienone is 1. The molecule has 0 radical (unpaired) electrons. The minimum atomic E-state index is -4.39. The number of ether oxygens (including phenoxy) is 1. The van der Waals surface area contributed by atoms with E-state index in [0.717, 1.165) is 12.1 Å². The molecule has 0 atom stereocenters. The number of benzene rings is 2. The van der Waals surface area contributed by atoms with Crippen molar-refractivity contribution >= 4 is 11.8 Å². The highest BCUT2D eigenvalue weighted by molar-refractivity contribution is 7.98. The van der Waals surface area contributed by atoms with E-state index in [4.69, 9.17) is 4.74 Å². The normalized spacial score (nSPS) is 11.4. The van der Waals surface area contributed by atoms with Crippen LogP contribution in [0.3, 0.4) is 0 Å². The van der Waals surface area contributed by atoms with E-state index in [2.05, 4.69) is 16.8 Å². The number of thioether (sulfide) groups is 1. The zero-order chi connectivity index (χ0) is 20.9. The summed E-state index contributed by atoms with van der Waals surface area (Å²) in [5.41, 5.74) is -0.177. The molecule has 0 spiro atoms. The zero-order valence-corrected chi connectivity index (χ0v) is 16.0. The molecular weight excluding hydrogens is 406 g/mol. The second-order valence-corrected chi connectivity index (χ2v) is 6.95. The SMILES string of the molecule is C=CCn1c(COc2ccccc2F)nnc1SCc1cccc(C(F)(F)F)c1. The number of aromatic nitrogens is 3.